The summed E-state index contributed by atoms with van der Waals surface area (Å²) in [6, 6.07) is 0. The summed E-state index contributed by atoms with van der Waals surface area (Å²) in [6.45, 7) is 12.7. The molecule has 2 saturated heterocycles. The molecule has 1 N–H and O–H groups in total. The summed E-state index contributed by atoms with van der Waals surface area (Å²) in [5.41, 5.74) is -0.953. The third kappa shape index (κ3) is 3.11. The zero-order valence-corrected chi connectivity index (χ0v) is 17.3. The molecule has 6 nitrogen and oxygen atoms in total. The van der Waals surface area contributed by atoms with Gasteiger partial charge >= 0.3 is 6.09 Å². The van der Waals surface area contributed by atoms with Gasteiger partial charge in [0.1, 0.15) is 6.10 Å². The topological polar surface area (TPSA) is 68.2 Å². The Bertz CT molecular complexity index is 490. The van der Waals surface area contributed by atoms with Crippen LogP contribution >= 0.6 is 0 Å². The summed E-state index contributed by atoms with van der Waals surface area (Å²) in [5.74, 6) is 0.0420. The van der Waals surface area contributed by atoms with Crippen molar-refractivity contribution in [1.29, 1.82) is 0 Å². The van der Waals surface area contributed by atoms with Crippen molar-refractivity contribution < 1.29 is 23.8 Å². The molecule has 24 heavy (non-hydrogen) atoms. The van der Waals surface area contributed by atoms with Crippen molar-refractivity contribution in [3.8, 4) is 0 Å². The first kappa shape index (κ1) is 19.7. The highest BCUT2D eigenvalue weighted by Gasteiger charge is 2.66. The molecule has 0 unspecified atom stereocenters. The molecule has 2 rings (SSSR count). The normalized spacial score (nSPS) is 36.0. The van der Waals surface area contributed by atoms with E-state index < -0.39 is 26.1 Å². The molecule has 2 fully saturated rings. The second-order valence-corrected chi connectivity index (χ2v) is 13.7. The van der Waals surface area contributed by atoms with E-state index in [9.17, 15) is 9.90 Å². The molecule has 7 heteroatoms. The van der Waals surface area contributed by atoms with E-state index in [1.54, 1.807) is 14.1 Å². The van der Waals surface area contributed by atoms with Crippen LogP contribution in [0.4, 0.5) is 4.79 Å². The Morgan fingerprint density at radius 3 is 2.42 bits per heavy atom. The highest BCUT2D eigenvalue weighted by molar-refractivity contribution is 6.74. The Balaban J connectivity index is 2.25. The molecule has 5 atom stereocenters. The molecule has 0 aromatic rings. The molecule has 0 saturated carbocycles. The van der Waals surface area contributed by atoms with Gasteiger partial charge in [-0.05, 0) is 18.1 Å². The van der Waals surface area contributed by atoms with Crippen LogP contribution in [0.5, 0.6) is 0 Å². The number of ether oxygens (including phenoxy) is 2. The molecule has 0 radical (unpaired) electrons. The van der Waals surface area contributed by atoms with Gasteiger partial charge in [-0.15, -0.1) is 0 Å². The molecule has 0 spiro atoms. The Morgan fingerprint density at radius 2 is 1.96 bits per heavy atom. The van der Waals surface area contributed by atoms with Crippen LogP contribution in [0.15, 0.2) is 0 Å². The maximum Gasteiger partial charge on any atom is 0.409 e. The van der Waals surface area contributed by atoms with Crippen LogP contribution in [0, 0.1) is 5.92 Å². The van der Waals surface area contributed by atoms with E-state index >= 15 is 0 Å². The lowest BCUT2D eigenvalue weighted by Gasteiger charge is -2.45. The molecule has 2 aliphatic rings. The van der Waals surface area contributed by atoms with E-state index in [2.05, 4.69) is 33.9 Å². The zero-order valence-electron chi connectivity index (χ0n) is 16.3. The second-order valence-electron chi connectivity index (χ2n) is 8.93. The van der Waals surface area contributed by atoms with E-state index in [1.807, 2.05) is 6.92 Å². The lowest BCUT2D eigenvalue weighted by atomic mass is 9.77. The molecule has 140 valence electrons. The predicted molar refractivity (Wildman–Crippen MR) is 94.5 cm³/mol. The van der Waals surface area contributed by atoms with E-state index in [4.69, 9.17) is 13.9 Å². The molecule has 2 heterocycles. The van der Waals surface area contributed by atoms with Crippen LogP contribution in [0.3, 0.4) is 0 Å². The summed E-state index contributed by atoms with van der Waals surface area (Å²) < 4.78 is 18.4. The molecule has 0 aromatic carbocycles. The second kappa shape index (κ2) is 6.27. The van der Waals surface area contributed by atoms with Crippen molar-refractivity contribution in [2.45, 2.75) is 76.2 Å². The smallest absolute Gasteiger partial charge is 0.409 e. The first-order valence-electron chi connectivity index (χ1n) is 8.70. The minimum Gasteiger partial charge on any atom is -0.442 e. The van der Waals surface area contributed by atoms with Gasteiger partial charge < -0.3 is 23.9 Å². The highest BCUT2D eigenvalue weighted by Crippen LogP contribution is 2.52. The van der Waals surface area contributed by atoms with Gasteiger partial charge in [0.2, 0.25) is 0 Å². The number of aliphatic hydroxyl groups excluding tert-OH is 1. The van der Waals surface area contributed by atoms with E-state index in [1.165, 1.54) is 4.90 Å². The Kier molecular flexibility index (Phi) is 5.14. The summed E-state index contributed by atoms with van der Waals surface area (Å²) in [7, 11) is 1.27. The number of rotatable bonds is 4. The Labute approximate surface area is 146 Å². The van der Waals surface area contributed by atoms with Gasteiger partial charge in [0.25, 0.3) is 0 Å². The highest BCUT2D eigenvalue weighted by atomic mass is 28.4. The first-order chi connectivity index (χ1) is 10.9. The molecule has 0 aliphatic carbocycles. The molecule has 0 aromatic heterocycles. The van der Waals surface area contributed by atoms with E-state index in [-0.39, 0.29) is 29.8 Å². The van der Waals surface area contributed by atoms with Gasteiger partial charge in [-0.25, -0.2) is 4.79 Å². The number of aliphatic hydroxyl groups is 1. The van der Waals surface area contributed by atoms with Crippen molar-refractivity contribution >= 4 is 14.4 Å². The average Bonchev–Trinajstić information content (AvgIpc) is 2.92. The molecule has 1 amide bonds. The maximum absolute atomic E-state index is 12.1. The van der Waals surface area contributed by atoms with E-state index in [0.29, 0.717) is 0 Å². The van der Waals surface area contributed by atoms with Crippen molar-refractivity contribution in [3.05, 3.63) is 0 Å². The minimum absolute atomic E-state index is 0.0420. The van der Waals surface area contributed by atoms with Crippen LogP contribution in [-0.2, 0) is 13.9 Å². The molecular weight excluding hydrogens is 326 g/mol. The van der Waals surface area contributed by atoms with Crippen LogP contribution in [-0.4, -0.2) is 69.0 Å². The first-order valence-corrected chi connectivity index (χ1v) is 11.6. The molecule has 2 bridgehead atoms. The quantitative estimate of drug-likeness (QED) is 0.782. The number of carbonyl (C=O) groups excluding carboxylic acids is 1. The van der Waals surface area contributed by atoms with Gasteiger partial charge in [-0.3, -0.25) is 0 Å². The number of hydrogen-bond acceptors (Lipinski definition) is 5. The Morgan fingerprint density at radius 1 is 1.38 bits per heavy atom. The van der Waals surface area contributed by atoms with Gasteiger partial charge in [0.05, 0.1) is 18.8 Å². The van der Waals surface area contributed by atoms with Crippen LogP contribution in [0.25, 0.3) is 0 Å². The van der Waals surface area contributed by atoms with Crippen molar-refractivity contribution in [2.24, 2.45) is 5.92 Å². The number of hydrogen-bond donors (Lipinski definition) is 1. The zero-order chi connectivity index (χ0) is 18.5. The van der Waals surface area contributed by atoms with Crippen molar-refractivity contribution in [1.82, 2.24) is 4.90 Å². The lowest BCUT2D eigenvalue weighted by molar-refractivity contribution is -0.128. The fourth-order valence-corrected chi connectivity index (χ4v) is 4.72. The maximum atomic E-state index is 12.1. The van der Waals surface area contributed by atoms with Crippen LogP contribution < -0.4 is 0 Å². The van der Waals surface area contributed by atoms with Crippen molar-refractivity contribution in [3.63, 3.8) is 0 Å². The summed E-state index contributed by atoms with van der Waals surface area (Å²) in [6.07, 6.45) is -0.464. The summed E-state index contributed by atoms with van der Waals surface area (Å²) >= 11 is 0. The number of nitrogens with zero attached hydrogens (tertiary/aromatic N) is 1. The molecule has 2 aliphatic heterocycles. The van der Waals surface area contributed by atoms with Crippen molar-refractivity contribution in [2.75, 3.05) is 20.7 Å². The van der Waals surface area contributed by atoms with Crippen LogP contribution in [0.1, 0.15) is 34.1 Å². The number of carbonyl (C=O) groups is 1. The third-order valence-corrected chi connectivity index (χ3v) is 10.5. The third-order valence-electron chi connectivity index (χ3n) is 5.99. The van der Waals surface area contributed by atoms with Gasteiger partial charge in [-0.1, -0.05) is 27.7 Å². The SMILES string of the molecule is C[C@H]1[C@@H](OC(=O)N(C)C)[C@]2(CO)O[C@@H]1C[C@@H]2O[Si](C)(C)C(C)(C)C. The predicted octanol–water partition coefficient (Wildman–Crippen LogP) is 2.61. The van der Waals surface area contributed by atoms with Gasteiger partial charge in [0.15, 0.2) is 13.9 Å². The number of amides is 1. The fourth-order valence-electron chi connectivity index (χ4n) is 3.36. The number of fused-ring (bicyclic) bond motifs is 2. The minimum atomic E-state index is -2.03. The van der Waals surface area contributed by atoms with Gasteiger partial charge in [0, 0.05) is 26.4 Å². The van der Waals surface area contributed by atoms with Gasteiger partial charge in [-0.2, -0.15) is 0 Å². The Hall–Kier alpha value is -0.633. The monoisotopic (exact) mass is 359 g/mol. The lowest BCUT2D eigenvalue weighted by Crippen LogP contribution is -2.60. The summed E-state index contributed by atoms with van der Waals surface area (Å²) in [4.78, 5) is 13.5. The molecular formula is C17H33NO5Si. The fraction of sp³-hybridized carbons (Fsp3) is 0.941. The van der Waals surface area contributed by atoms with E-state index in [0.717, 1.165) is 6.42 Å². The largest absolute Gasteiger partial charge is 0.442 e. The van der Waals surface area contributed by atoms with Crippen LogP contribution in [0.2, 0.25) is 18.1 Å². The average molecular weight is 360 g/mol. The summed E-state index contributed by atoms with van der Waals surface area (Å²) in [5, 5.41) is 10.2. The standard InChI is InChI=1S/C17H33NO5Si/c1-11-12-9-13(23-24(7,8)16(2,3)4)17(10-19,22-12)14(11)21-15(20)18(5)6/h11-14,19H,9-10H2,1-8H3/t11-,12-,13+,14-,17-/m1/s1.